The number of fused-ring (bicyclic) bond motifs is 1. The lowest BCUT2D eigenvalue weighted by Crippen LogP contribution is -2.52. The van der Waals surface area contributed by atoms with Crippen molar-refractivity contribution in [2.45, 2.75) is 51.2 Å². The summed E-state index contributed by atoms with van der Waals surface area (Å²) in [5.41, 5.74) is 1.69. The molecule has 0 bridgehead atoms. The topological polar surface area (TPSA) is 67.2 Å². The summed E-state index contributed by atoms with van der Waals surface area (Å²) >= 11 is 0. The Balaban J connectivity index is 1.44. The first-order valence-corrected chi connectivity index (χ1v) is 9.61. The first kappa shape index (κ1) is 18.6. The Labute approximate surface area is 161 Å². The predicted octanol–water partition coefficient (Wildman–Crippen LogP) is 2.42. The summed E-state index contributed by atoms with van der Waals surface area (Å²) in [6.45, 7) is 1.34. The van der Waals surface area contributed by atoms with E-state index in [1.54, 1.807) is 6.20 Å². The minimum absolute atomic E-state index is 0.0561. The lowest BCUT2D eigenvalue weighted by atomic mass is 10.0. The molecule has 148 valence electrons. The number of benzene rings is 1. The molecular weight excluding hydrogens is 366 g/mol. The number of likely N-dealkylation sites (tertiary alicyclic amines) is 1. The Morgan fingerprint density at radius 3 is 2.89 bits per heavy atom. The SMILES string of the molecule is O=C(N[C@H]1CCCN(Cc2ccc(F)cc2F)C1=O)c1cnn2c1CCCC2. The van der Waals surface area contributed by atoms with Crippen molar-refractivity contribution in [2.75, 3.05) is 6.54 Å². The first-order valence-electron chi connectivity index (χ1n) is 9.61. The highest BCUT2D eigenvalue weighted by Gasteiger charge is 2.31. The maximum absolute atomic E-state index is 13.9. The number of halogens is 2. The van der Waals surface area contributed by atoms with Gasteiger partial charge < -0.3 is 10.2 Å². The predicted molar refractivity (Wildman–Crippen MR) is 97.4 cm³/mol. The lowest BCUT2D eigenvalue weighted by molar-refractivity contribution is -0.136. The second kappa shape index (κ2) is 7.69. The Hall–Kier alpha value is -2.77. The Morgan fingerprint density at radius 1 is 1.21 bits per heavy atom. The van der Waals surface area contributed by atoms with Crippen LogP contribution in [0.3, 0.4) is 0 Å². The van der Waals surface area contributed by atoms with Gasteiger partial charge in [0.05, 0.1) is 17.5 Å². The molecule has 1 fully saturated rings. The molecule has 2 aliphatic rings. The van der Waals surface area contributed by atoms with Crippen molar-refractivity contribution < 1.29 is 18.4 Å². The first-order chi connectivity index (χ1) is 13.5. The zero-order valence-corrected chi connectivity index (χ0v) is 15.5. The van der Waals surface area contributed by atoms with Gasteiger partial charge in [-0.2, -0.15) is 5.10 Å². The van der Waals surface area contributed by atoms with Crippen molar-refractivity contribution >= 4 is 11.8 Å². The van der Waals surface area contributed by atoms with Gasteiger partial charge in [0, 0.05) is 31.3 Å². The third-order valence-electron chi connectivity index (χ3n) is 5.44. The standard InChI is InChI=1S/C20H22F2N4O2/c21-14-7-6-13(16(22)10-14)12-25-8-3-4-17(20(25)28)24-19(27)15-11-23-26-9-2-1-5-18(15)26/h6-7,10-11,17H,1-5,8-9,12H2,(H,24,27)/t17-/m0/s1. The van der Waals surface area contributed by atoms with Gasteiger partial charge in [0.25, 0.3) is 5.91 Å². The molecule has 28 heavy (non-hydrogen) atoms. The van der Waals surface area contributed by atoms with Crippen LogP contribution in [0.25, 0.3) is 0 Å². The molecular formula is C20H22F2N4O2. The molecule has 1 N–H and O–H groups in total. The maximum atomic E-state index is 13.9. The number of aryl methyl sites for hydroxylation is 1. The van der Waals surface area contributed by atoms with Gasteiger partial charge in [-0.15, -0.1) is 0 Å². The van der Waals surface area contributed by atoms with E-state index in [0.717, 1.165) is 37.6 Å². The van der Waals surface area contributed by atoms with Gasteiger partial charge in [-0.25, -0.2) is 8.78 Å². The summed E-state index contributed by atoms with van der Waals surface area (Å²) in [7, 11) is 0. The van der Waals surface area contributed by atoms with Crippen LogP contribution in [0, 0.1) is 11.6 Å². The zero-order chi connectivity index (χ0) is 19.7. The summed E-state index contributed by atoms with van der Waals surface area (Å²) in [5.74, 6) is -1.87. The molecule has 4 rings (SSSR count). The molecule has 2 amide bonds. The number of carbonyl (C=O) groups is 2. The zero-order valence-electron chi connectivity index (χ0n) is 15.5. The van der Waals surface area contributed by atoms with Crippen molar-refractivity contribution in [1.82, 2.24) is 20.0 Å². The third kappa shape index (κ3) is 3.63. The average Bonchev–Trinajstić information content (AvgIpc) is 3.11. The van der Waals surface area contributed by atoms with Crippen LogP contribution in [0.15, 0.2) is 24.4 Å². The van der Waals surface area contributed by atoms with Crippen LogP contribution in [0.2, 0.25) is 0 Å². The number of nitrogens with one attached hydrogen (secondary N) is 1. The minimum atomic E-state index is -0.675. The van der Waals surface area contributed by atoms with E-state index in [1.165, 1.54) is 17.0 Å². The maximum Gasteiger partial charge on any atom is 0.255 e. The van der Waals surface area contributed by atoms with Crippen LogP contribution in [0.1, 0.15) is 47.3 Å². The second-order valence-electron chi connectivity index (χ2n) is 7.35. The van der Waals surface area contributed by atoms with Crippen molar-refractivity contribution in [3.63, 3.8) is 0 Å². The van der Waals surface area contributed by atoms with E-state index in [4.69, 9.17) is 0 Å². The fourth-order valence-corrected chi connectivity index (χ4v) is 3.93. The molecule has 0 radical (unpaired) electrons. The number of carbonyl (C=O) groups excluding carboxylic acids is 2. The second-order valence-corrected chi connectivity index (χ2v) is 7.35. The van der Waals surface area contributed by atoms with E-state index < -0.39 is 17.7 Å². The lowest BCUT2D eigenvalue weighted by Gasteiger charge is -2.32. The molecule has 0 spiro atoms. The molecule has 3 heterocycles. The van der Waals surface area contributed by atoms with Crippen LogP contribution in [0.4, 0.5) is 8.78 Å². The van der Waals surface area contributed by atoms with Gasteiger partial charge in [-0.3, -0.25) is 14.3 Å². The molecule has 0 aliphatic carbocycles. The highest BCUT2D eigenvalue weighted by atomic mass is 19.1. The smallest absolute Gasteiger partial charge is 0.255 e. The number of aromatic nitrogens is 2. The van der Waals surface area contributed by atoms with Crippen LogP contribution < -0.4 is 5.32 Å². The number of piperidine rings is 1. The van der Waals surface area contributed by atoms with E-state index in [2.05, 4.69) is 10.4 Å². The van der Waals surface area contributed by atoms with Gasteiger partial charge in [0.15, 0.2) is 0 Å². The molecule has 1 aromatic carbocycles. The van der Waals surface area contributed by atoms with Crippen LogP contribution in [-0.2, 0) is 24.3 Å². The summed E-state index contributed by atoms with van der Waals surface area (Å²) in [6, 6.07) is 2.68. The highest BCUT2D eigenvalue weighted by Crippen LogP contribution is 2.20. The summed E-state index contributed by atoms with van der Waals surface area (Å²) in [4.78, 5) is 27.0. The molecule has 1 atom stereocenters. The number of rotatable bonds is 4. The quantitative estimate of drug-likeness (QED) is 0.875. The normalized spacial score (nSPS) is 19.4. The van der Waals surface area contributed by atoms with Gasteiger partial charge in [0.2, 0.25) is 5.91 Å². The number of hydrogen-bond donors (Lipinski definition) is 1. The van der Waals surface area contributed by atoms with Gasteiger partial charge in [0.1, 0.15) is 17.7 Å². The van der Waals surface area contributed by atoms with Crippen LogP contribution in [0.5, 0.6) is 0 Å². The van der Waals surface area contributed by atoms with E-state index in [-0.39, 0.29) is 23.9 Å². The van der Waals surface area contributed by atoms with Crippen molar-refractivity contribution in [1.29, 1.82) is 0 Å². The van der Waals surface area contributed by atoms with Crippen molar-refractivity contribution in [3.8, 4) is 0 Å². The summed E-state index contributed by atoms with van der Waals surface area (Å²) in [6.07, 6.45) is 5.67. The molecule has 1 aromatic heterocycles. The number of amides is 2. The van der Waals surface area contributed by atoms with Crippen molar-refractivity contribution in [3.05, 3.63) is 52.9 Å². The van der Waals surface area contributed by atoms with Crippen LogP contribution in [-0.4, -0.2) is 39.1 Å². The Kier molecular flexibility index (Phi) is 5.11. The van der Waals surface area contributed by atoms with E-state index in [1.807, 2.05) is 4.68 Å². The summed E-state index contributed by atoms with van der Waals surface area (Å²) < 4.78 is 28.9. The fourth-order valence-electron chi connectivity index (χ4n) is 3.93. The molecule has 6 nitrogen and oxygen atoms in total. The molecule has 0 unspecified atom stereocenters. The van der Waals surface area contributed by atoms with Crippen LogP contribution >= 0.6 is 0 Å². The average molecular weight is 388 g/mol. The third-order valence-corrected chi connectivity index (χ3v) is 5.44. The molecule has 0 saturated carbocycles. The number of hydrogen-bond acceptors (Lipinski definition) is 3. The Bertz CT molecular complexity index is 912. The summed E-state index contributed by atoms with van der Waals surface area (Å²) in [5, 5.41) is 7.09. The monoisotopic (exact) mass is 388 g/mol. The van der Waals surface area contributed by atoms with Gasteiger partial charge in [-0.05, 0) is 38.2 Å². The molecule has 1 saturated heterocycles. The number of nitrogens with zero attached hydrogens (tertiary/aromatic N) is 3. The molecule has 2 aromatic rings. The Morgan fingerprint density at radius 2 is 2.07 bits per heavy atom. The largest absolute Gasteiger partial charge is 0.340 e. The van der Waals surface area contributed by atoms with E-state index in [9.17, 15) is 18.4 Å². The fraction of sp³-hybridized carbons (Fsp3) is 0.450. The minimum Gasteiger partial charge on any atom is -0.340 e. The van der Waals surface area contributed by atoms with Gasteiger partial charge >= 0.3 is 0 Å². The van der Waals surface area contributed by atoms with E-state index >= 15 is 0 Å². The molecule has 2 aliphatic heterocycles. The van der Waals surface area contributed by atoms with Gasteiger partial charge in [-0.1, -0.05) is 6.07 Å². The highest BCUT2D eigenvalue weighted by molar-refractivity contribution is 5.98. The van der Waals surface area contributed by atoms with E-state index in [0.29, 0.717) is 24.9 Å². The van der Waals surface area contributed by atoms with Crippen molar-refractivity contribution in [2.24, 2.45) is 0 Å². The molecule has 8 heteroatoms.